The second-order valence-corrected chi connectivity index (χ2v) is 12.7. The van der Waals surface area contributed by atoms with E-state index in [4.69, 9.17) is 9.47 Å². The Labute approximate surface area is 244 Å². The van der Waals surface area contributed by atoms with E-state index in [0.717, 1.165) is 57.5 Å². The third kappa shape index (κ3) is 7.14. The maximum atomic E-state index is 13.6. The van der Waals surface area contributed by atoms with Crippen LogP contribution in [0, 0.1) is 11.8 Å². The maximum absolute atomic E-state index is 13.6. The summed E-state index contributed by atoms with van der Waals surface area (Å²) < 4.78 is 76.5. The van der Waals surface area contributed by atoms with Crippen molar-refractivity contribution < 1.29 is 31.1 Å². The second-order valence-electron chi connectivity index (χ2n) is 10.7. The number of alkyl halides is 3. The molecule has 0 radical (unpaired) electrons. The minimum absolute atomic E-state index is 0.109. The quantitative estimate of drug-likeness (QED) is 0.360. The molecule has 0 aliphatic carbocycles. The summed E-state index contributed by atoms with van der Waals surface area (Å²) in [4.78, 5) is 2.59. The Morgan fingerprint density at radius 2 is 1.88 bits per heavy atom. The number of sulfone groups is 1. The Balaban J connectivity index is 1.34. The average Bonchev–Trinajstić information content (AvgIpc) is 3.60. The van der Waals surface area contributed by atoms with E-state index in [0.29, 0.717) is 28.4 Å². The predicted molar refractivity (Wildman–Crippen MR) is 157 cm³/mol. The van der Waals surface area contributed by atoms with Crippen LogP contribution >= 0.6 is 0 Å². The van der Waals surface area contributed by atoms with Crippen LogP contribution in [0.4, 0.5) is 24.5 Å². The van der Waals surface area contributed by atoms with E-state index < -0.39 is 22.6 Å². The van der Waals surface area contributed by atoms with Crippen LogP contribution in [-0.4, -0.2) is 82.4 Å². The number of nitrogens with one attached hydrogen (secondary N) is 2. The van der Waals surface area contributed by atoms with Gasteiger partial charge in [-0.05, 0) is 55.5 Å². The standard InChI is InChI=1S/C30H35F3N4O4S/c1-40-29-18-24(42(2,38)39)8-9-27(29)34-13-4-5-22-17-25-26(6-3-7-28(25)37(22)20-30(31,32)33)35-21-10-14-36(15-11-21)23-12-16-41-19-23/h3,6-9,17-18,21,23,34-35H,10-16,19-20H2,1-2H3. The fourth-order valence-corrected chi connectivity index (χ4v) is 6.26. The Bertz CT molecular complexity index is 1580. The van der Waals surface area contributed by atoms with Gasteiger partial charge < -0.3 is 24.7 Å². The van der Waals surface area contributed by atoms with E-state index in [9.17, 15) is 21.6 Å². The number of piperidine rings is 1. The van der Waals surface area contributed by atoms with Crippen molar-refractivity contribution in [2.24, 2.45) is 0 Å². The van der Waals surface area contributed by atoms with E-state index in [1.54, 1.807) is 24.3 Å². The lowest BCUT2D eigenvalue weighted by molar-refractivity contribution is -0.140. The van der Waals surface area contributed by atoms with Gasteiger partial charge in [-0.3, -0.25) is 4.90 Å². The largest absolute Gasteiger partial charge is 0.495 e. The molecule has 12 heteroatoms. The van der Waals surface area contributed by atoms with Gasteiger partial charge in [0.05, 0.1) is 42.1 Å². The van der Waals surface area contributed by atoms with Crippen molar-refractivity contribution in [3.8, 4) is 17.6 Å². The third-order valence-electron chi connectivity index (χ3n) is 7.78. The molecular formula is C30H35F3N4O4S. The zero-order valence-electron chi connectivity index (χ0n) is 23.6. The Morgan fingerprint density at radius 3 is 2.55 bits per heavy atom. The molecule has 3 aromatic rings. The lowest BCUT2D eigenvalue weighted by Crippen LogP contribution is -2.44. The average molecular weight is 605 g/mol. The molecule has 1 atom stereocenters. The van der Waals surface area contributed by atoms with Gasteiger partial charge in [-0.1, -0.05) is 12.0 Å². The number of likely N-dealkylation sites (tertiary alicyclic amines) is 1. The van der Waals surface area contributed by atoms with Crippen molar-refractivity contribution in [3.05, 3.63) is 48.2 Å². The fraction of sp³-hybridized carbons (Fsp3) is 0.467. The summed E-state index contributed by atoms with van der Waals surface area (Å²) in [5.41, 5.74) is 2.04. The molecule has 8 nitrogen and oxygen atoms in total. The number of benzene rings is 2. The van der Waals surface area contributed by atoms with Gasteiger partial charge in [0, 0.05) is 55.2 Å². The number of fused-ring (bicyclic) bond motifs is 1. The van der Waals surface area contributed by atoms with Crippen molar-refractivity contribution in [2.75, 3.05) is 56.8 Å². The number of hydrogen-bond acceptors (Lipinski definition) is 7. The molecule has 2 fully saturated rings. The highest BCUT2D eigenvalue weighted by Gasteiger charge is 2.31. The molecule has 226 valence electrons. The summed E-state index contributed by atoms with van der Waals surface area (Å²) >= 11 is 0. The molecular weight excluding hydrogens is 569 g/mol. The highest BCUT2D eigenvalue weighted by atomic mass is 32.2. The number of aromatic nitrogens is 1. The van der Waals surface area contributed by atoms with Gasteiger partial charge in [-0.25, -0.2) is 8.42 Å². The number of nitrogens with zero attached hydrogens (tertiary/aromatic N) is 2. The minimum Gasteiger partial charge on any atom is -0.495 e. The first kappa shape index (κ1) is 30.1. The highest BCUT2D eigenvalue weighted by Crippen LogP contribution is 2.32. The van der Waals surface area contributed by atoms with Crippen LogP contribution in [0.1, 0.15) is 25.0 Å². The normalized spacial score (nSPS) is 18.5. The summed E-state index contributed by atoms with van der Waals surface area (Å²) in [6.45, 7) is 2.47. The van der Waals surface area contributed by atoms with Gasteiger partial charge in [0.15, 0.2) is 9.84 Å². The molecule has 1 unspecified atom stereocenters. The van der Waals surface area contributed by atoms with Crippen molar-refractivity contribution in [3.63, 3.8) is 0 Å². The molecule has 42 heavy (non-hydrogen) atoms. The summed E-state index contributed by atoms with van der Waals surface area (Å²) in [5, 5.41) is 7.34. The number of anilines is 2. The number of methoxy groups -OCH3 is 1. The van der Waals surface area contributed by atoms with Crippen molar-refractivity contribution in [1.82, 2.24) is 9.47 Å². The molecule has 3 heterocycles. The number of ether oxygens (including phenoxy) is 2. The summed E-state index contributed by atoms with van der Waals surface area (Å²) in [7, 11) is -1.98. The van der Waals surface area contributed by atoms with Gasteiger partial charge >= 0.3 is 6.18 Å². The number of halogens is 3. The van der Waals surface area contributed by atoms with Gasteiger partial charge in [-0.2, -0.15) is 13.2 Å². The summed E-state index contributed by atoms with van der Waals surface area (Å²) in [6.07, 6.45) is -0.356. The van der Waals surface area contributed by atoms with E-state index in [-0.39, 0.29) is 23.2 Å². The van der Waals surface area contributed by atoms with Gasteiger partial charge in [0.2, 0.25) is 0 Å². The first-order chi connectivity index (χ1) is 20.0. The molecule has 0 saturated carbocycles. The Morgan fingerprint density at radius 1 is 1.10 bits per heavy atom. The Kier molecular flexibility index (Phi) is 8.92. The molecule has 2 aliphatic heterocycles. The second kappa shape index (κ2) is 12.5. The van der Waals surface area contributed by atoms with Gasteiger partial charge in [0.1, 0.15) is 12.3 Å². The minimum atomic E-state index is -4.42. The molecule has 2 aliphatic rings. The monoisotopic (exact) mass is 604 g/mol. The van der Waals surface area contributed by atoms with Crippen molar-refractivity contribution in [1.29, 1.82) is 0 Å². The molecule has 5 rings (SSSR count). The first-order valence-electron chi connectivity index (χ1n) is 13.9. The smallest absolute Gasteiger partial charge is 0.406 e. The van der Waals surface area contributed by atoms with Crippen LogP contribution in [-0.2, 0) is 21.1 Å². The zero-order valence-corrected chi connectivity index (χ0v) is 24.4. The topological polar surface area (TPSA) is 84.8 Å². The van der Waals surface area contributed by atoms with Crippen molar-refractivity contribution in [2.45, 2.75) is 49.0 Å². The third-order valence-corrected chi connectivity index (χ3v) is 8.89. The predicted octanol–water partition coefficient (Wildman–Crippen LogP) is 4.74. The highest BCUT2D eigenvalue weighted by molar-refractivity contribution is 7.90. The summed E-state index contributed by atoms with van der Waals surface area (Å²) in [6, 6.07) is 12.2. The van der Waals surface area contributed by atoms with Crippen LogP contribution in [0.25, 0.3) is 10.9 Å². The Hall–Kier alpha value is -3.40. The molecule has 2 aromatic carbocycles. The number of rotatable bonds is 8. The van der Waals surface area contributed by atoms with Crippen LogP contribution in [0.5, 0.6) is 5.75 Å². The van der Waals surface area contributed by atoms with Crippen LogP contribution in [0.15, 0.2) is 47.4 Å². The number of hydrogen-bond donors (Lipinski definition) is 2. The fourth-order valence-electron chi connectivity index (χ4n) is 5.62. The molecule has 2 saturated heterocycles. The molecule has 1 aromatic heterocycles. The molecule has 2 N–H and O–H groups in total. The lowest BCUT2D eigenvalue weighted by atomic mass is 10.0. The first-order valence-corrected chi connectivity index (χ1v) is 15.8. The SMILES string of the molecule is COc1cc(S(C)(=O)=O)ccc1NCC#Cc1cc2c(NC3CCN(C4CCOC4)CC3)cccc2n1CC(F)(F)F. The van der Waals surface area contributed by atoms with Crippen LogP contribution < -0.4 is 15.4 Å². The maximum Gasteiger partial charge on any atom is 0.406 e. The molecule has 0 spiro atoms. The molecule has 0 bridgehead atoms. The zero-order chi connectivity index (χ0) is 29.9. The van der Waals surface area contributed by atoms with E-state index >= 15 is 0 Å². The van der Waals surface area contributed by atoms with Gasteiger partial charge in [0.25, 0.3) is 0 Å². The summed E-state index contributed by atoms with van der Waals surface area (Å²) in [5.74, 6) is 6.13. The lowest BCUT2D eigenvalue weighted by Gasteiger charge is -2.36. The van der Waals surface area contributed by atoms with E-state index in [2.05, 4.69) is 27.4 Å². The van der Waals surface area contributed by atoms with Crippen LogP contribution in [0.2, 0.25) is 0 Å². The van der Waals surface area contributed by atoms with E-state index in [1.807, 2.05) is 6.07 Å². The van der Waals surface area contributed by atoms with Crippen molar-refractivity contribution >= 4 is 32.1 Å². The van der Waals surface area contributed by atoms with E-state index in [1.165, 1.54) is 23.8 Å². The van der Waals surface area contributed by atoms with Crippen LogP contribution in [0.3, 0.4) is 0 Å². The van der Waals surface area contributed by atoms with Gasteiger partial charge in [-0.15, -0.1) is 0 Å². The molecule has 0 amide bonds.